The van der Waals surface area contributed by atoms with Gasteiger partial charge in [0.25, 0.3) is 11.8 Å². The van der Waals surface area contributed by atoms with Crippen molar-refractivity contribution in [3.05, 3.63) is 130 Å². The fourth-order valence-electron chi connectivity index (χ4n) is 4.56. The number of nitrogens with one attached hydrogen (secondary N) is 2. The molecule has 238 valence electrons. The van der Waals surface area contributed by atoms with Crippen LogP contribution in [0.3, 0.4) is 0 Å². The number of carboxylic acids is 2. The number of rotatable bonds is 9. The van der Waals surface area contributed by atoms with Crippen molar-refractivity contribution in [1.82, 2.24) is 10.6 Å². The maximum absolute atomic E-state index is 14.1. The summed E-state index contributed by atoms with van der Waals surface area (Å²) in [6.07, 6.45) is 0. The van der Waals surface area contributed by atoms with Crippen molar-refractivity contribution in [2.45, 2.75) is 12.1 Å². The Balaban J connectivity index is 1.92. The van der Waals surface area contributed by atoms with E-state index in [2.05, 4.69) is 138 Å². The van der Waals surface area contributed by atoms with E-state index in [1.54, 1.807) is 60.7 Å². The Morgan fingerprint density at radius 2 is 0.696 bits per heavy atom. The Kier molecular flexibility index (Phi) is 12.9. The maximum Gasteiger partial charge on any atom is 0.337 e. The molecule has 0 saturated heterocycles. The lowest BCUT2D eigenvalue weighted by Crippen LogP contribution is -2.41. The summed E-state index contributed by atoms with van der Waals surface area (Å²) in [5.41, 5.74) is 0.195. The molecule has 2 amide bonds. The Morgan fingerprint density at radius 3 is 0.957 bits per heavy atom. The molecule has 46 heavy (non-hydrogen) atoms. The Morgan fingerprint density at radius 1 is 0.435 bits per heavy atom. The van der Waals surface area contributed by atoms with Crippen molar-refractivity contribution < 1.29 is 29.4 Å². The van der Waals surface area contributed by atoms with Gasteiger partial charge in [0.2, 0.25) is 0 Å². The van der Waals surface area contributed by atoms with Crippen LogP contribution in [0.25, 0.3) is 0 Å². The van der Waals surface area contributed by atoms with E-state index in [0.29, 0.717) is 29.0 Å². The first-order valence-corrected chi connectivity index (χ1v) is 18.9. The fraction of sp³-hybridized carbons (Fsp3) is 0.0667. The van der Waals surface area contributed by atoms with Crippen LogP contribution in [-0.2, 0) is 0 Å². The van der Waals surface area contributed by atoms with E-state index in [4.69, 9.17) is 0 Å². The molecule has 4 aromatic rings. The molecule has 8 nitrogen and oxygen atoms in total. The first-order valence-electron chi connectivity index (χ1n) is 12.6. The lowest BCUT2D eigenvalue weighted by molar-refractivity contribution is 0.0680. The van der Waals surface area contributed by atoms with Crippen molar-refractivity contribution in [3.63, 3.8) is 0 Å². The minimum Gasteiger partial charge on any atom is -0.478 e. The molecule has 2 atom stereocenters. The number of benzene rings is 4. The molecule has 0 aliphatic heterocycles. The molecule has 1 unspecified atom stereocenters. The van der Waals surface area contributed by atoms with Gasteiger partial charge in [-0.25, -0.2) is 9.59 Å². The van der Waals surface area contributed by atoms with Gasteiger partial charge >= 0.3 is 11.9 Å². The summed E-state index contributed by atoms with van der Waals surface area (Å²) in [5, 5.41) is 26.1. The number of carbonyl (C=O) groups excluding carboxylic acids is 2. The third kappa shape index (κ3) is 7.58. The second-order valence-electron chi connectivity index (χ2n) is 9.35. The van der Waals surface area contributed by atoms with Crippen molar-refractivity contribution in [2.75, 3.05) is 0 Å². The van der Waals surface area contributed by atoms with Crippen molar-refractivity contribution in [2.24, 2.45) is 0 Å². The first-order chi connectivity index (χ1) is 21.7. The van der Waals surface area contributed by atoms with E-state index >= 15 is 0 Å². The first kappa shape index (κ1) is 37.4. The van der Waals surface area contributed by atoms with Crippen LogP contribution in [0.2, 0.25) is 0 Å². The number of amides is 2. The number of hydrogen-bond donors (Lipinski definition) is 4. The van der Waals surface area contributed by atoms with Crippen LogP contribution < -0.4 is 10.6 Å². The summed E-state index contributed by atoms with van der Waals surface area (Å²) < 4.78 is 2.22. The summed E-state index contributed by atoms with van der Waals surface area (Å²) in [4.78, 5) is 53.0. The summed E-state index contributed by atoms with van der Waals surface area (Å²) in [6.45, 7) is 0. The Bertz CT molecular complexity index is 1750. The Hall–Kier alpha value is -1.40. The van der Waals surface area contributed by atoms with Gasteiger partial charge < -0.3 is 20.8 Å². The van der Waals surface area contributed by atoms with Gasteiger partial charge in [-0.3, -0.25) is 9.59 Å². The molecule has 0 radical (unpaired) electrons. The molecule has 4 rings (SSSR count). The SMILES string of the molecule is O=C(O)c1c(Br)c(Br)c(Br)c(Br)c1C(=O)NC(c1ccccc1)[C@@H](NC(=O)c1c(Br)c(Br)c(Br)c(Br)c1C(=O)O)c1ccccc1. The summed E-state index contributed by atoms with van der Waals surface area (Å²) in [5.74, 6) is -4.23. The highest BCUT2D eigenvalue weighted by Crippen LogP contribution is 2.44. The summed E-state index contributed by atoms with van der Waals surface area (Å²) >= 11 is 26.8. The smallest absolute Gasteiger partial charge is 0.337 e. The zero-order valence-corrected chi connectivity index (χ0v) is 35.2. The van der Waals surface area contributed by atoms with Crippen LogP contribution in [0.4, 0.5) is 0 Å². The van der Waals surface area contributed by atoms with Gasteiger partial charge in [-0.15, -0.1) is 0 Å². The van der Waals surface area contributed by atoms with Crippen LogP contribution in [0.1, 0.15) is 64.6 Å². The molecular weight excluding hydrogens is 1120 g/mol. The summed E-state index contributed by atoms with van der Waals surface area (Å²) in [6, 6.07) is 15.6. The largest absolute Gasteiger partial charge is 0.478 e. The molecule has 0 heterocycles. The predicted molar refractivity (Wildman–Crippen MR) is 202 cm³/mol. The van der Waals surface area contributed by atoms with E-state index in [9.17, 15) is 29.4 Å². The minimum absolute atomic E-state index is 0.141. The standard InChI is InChI=1S/C30H16Br8N2O6/c31-17-13(15(29(43)44)19(33)23(37)21(17)35)27(41)39-25(11-7-3-1-4-8-11)26(12-9-5-2-6-10-12)40-28(42)14-16(30(45)46)20(34)24(38)22(36)18(14)32/h1-10,25-26H,(H,39,41)(H,40,42)(H,43,44)(H,45,46)/t25-,26?/m0/s1. The van der Waals surface area contributed by atoms with E-state index in [1.165, 1.54) is 0 Å². The van der Waals surface area contributed by atoms with E-state index < -0.39 is 35.8 Å². The molecule has 0 aromatic heterocycles. The topological polar surface area (TPSA) is 133 Å². The minimum atomic E-state index is -1.35. The van der Waals surface area contributed by atoms with Crippen LogP contribution in [0.15, 0.2) is 96.4 Å². The third-order valence-electron chi connectivity index (χ3n) is 6.64. The molecule has 0 bridgehead atoms. The van der Waals surface area contributed by atoms with Crippen LogP contribution >= 0.6 is 127 Å². The highest BCUT2D eigenvalue weighted by Gasteiger charge is 2.35. The number of carbonyl (C=O) groups is 4. The van der Waals surface area contributed by atoms with Gasteiger partial charge in [0.05, 0.1) is 34.3 Å². The number of hydrogen-bond acceptors (Lipinski definition) is 4. The lowest BCUT2D eigenvalue weighted by atomic mass is 9.92. The number of aromatic carboxylic acids is 2. The maximum atomic E-state index is 14.1. The fourth-order valence-corrected chi connectivity index (χ4v) is 9.49. The average Bonchev–Trinajstić information content (AvgIpc) is 3.03. The third-order valence-corrected chi connectivity index (χ3v) is 16.2. The predicted octanol–water partition coefficient (Wildman–Crippen LogP) is 10.8. The normalized spacial score (nSPS) is 12.3. The van der Waals surface area contributed by atoms with E-state index in [1.807, 2.05) is 0 Å². The van der Waals surface area contributed by atoms with Crippen molar-refractivity contribution in [1.29, 1.82) is 0 Å². The zero-order valence-electron chi connectivity index (χ0n) is 22.5. The zero-order chi connectivity index (χ0) is 34.0. The molecule has 0 fully saturated rings. The average molecular weight is 1140 g/mol. The second kappa shape index (κ2) is 15.9. The molecule has 0 aliphatic carbocycles. The van der Waals surface area contributed by atoms with Gasteiger partial charge in [-0.1, -0.05) is 60.7 Å². The summed E-state index contributed by atoms with van der Waals surface area (Å²) in [7, 11) is 0. The second-order valence-corrected chi connectivity index (χ2v) is 15.7. The van der Waals surface area contributed by atoms with Gasteiger partial charge in [-0.05, 0) is 139 Å². The number of halogens is 8. The van der Waals surface area contributed by atoms with Crippen molar-refractivity contribution >= 4 is 151 Å². The highest BCUT2D eigenvalue weighted by atomic mass is 79.9. The van der Waals surface area contributed by atoms with Crippen LogP contribution in [-0.4, -0.2) is 34.0 Å². The molecule has 0 saturated carbocycles. The monoisotopic (exact) mass is 1130 g/mol. The molecule has 0 spiro atoms. The molecular formula is C30H16Br8N2O6. The van der Waals surface area contributed by atoms with Gasteiger partial charge in [0, 0.05) is 35.8 Å². The molecule has 0 aliphatic rings. The highest BCUT2D eigenvalue weighted by molar-refractivity contribution is 9.15. The van der Waals surface area contributed by atoms with Crippen LogP contribution in [0.5, 0.6) is 0 Å². The van der Waals surface area contributed by atoms with Crippen LogP contribution in [0, 0.1) is 0 Å². The van der Waals surface area contributed by atoms with E-state index in [0.717, 1.165) is 0 Å². The molecule has 4 N–H and O–H groups in total. The van der Waals surface area contributed by atoms with Gasteiger partial charge in [-0.2, -0.15) is 0 Å². The van der Waals surface area contributed by atoms with Gasteiger partial charge in [0.15, 0.2) is 0 Å². The molecule has 16 heteroatoms. The Labute approximate surface area is 329 Å². The van der Waals surface area contributed by atoms with E-state index in [-0.39, 0.29) is 40.1 Å². The number of carboxylic acid groups (broad SMARTS) is 2. The van der Waals surface area contributed by atoms with Crippen molar-refractivity contribution in [3.8, 4) is 0 Å². The van der Waals surface area contributed by atoms with Gasteiger partial charge in [0.1, 0.15) is 0 Å². The quantitative estimate of drug-likeness (QED) is 0.0975. The molecule has 4 aromatic carbocycles. The lowest BCUT2D eigenvalue weighted by Gasteiger charge is -2.31.